The molecule has 0 amide bonds. The Morgan fingerprint density at radius 1 is 1.12 bits per heavy atom. The minimum atomic E-state index is 0.237. The van der Waals surface area contributed by atoms with E-state index in [1.54, 1.807) is 6.20 Å². The zero-order valence-corrected chi connectivity index (χ0v) is 14.1. The van der Waals surface area contributed by atoms with E-state index in [2.05, 4.69) is 20.5 Å². The van der Waals surface area contributed by atoms with Crippen LogP contribution in [0.4, 0.5) is 5.82 Å². The highest BCUT2D eigenvalue weighted by atomic mass is 16.5. The van der Waals surface area contributed by atoms with Crippen LogP contribution in [-0.2, 0) is 4.74 Å². The summed E-state index contributed by atoms with van der Waals surface area (Å²) in [6.45, 7) is 3.61. The maximum absolute atomic E-state index is 5.87. The molecule has 3 heterocycles. The number of nitrogens with one attached hydrogen (secondary N) is 1. The van der Waals surface area contributed by atoms with Crippen LogP contribution in [0.25, 0.3) is 22.9 Å². The van der Waals surface area contributed by atoms with Gasteiger partial charge >= 0.3 is 0 Å². The number of hydrogen-bond donors (Lipinski definition) is 1. The molecule has 1 atom stereocenters. The van der Waals surface area contributed by atoms with E-state index in [9.17, 15) is 0 Å². The zero-order valence-electron chi connectivity index (χ0n) is 14.1. The fraction of sp³-hybridized carbons (Fsp3) is 0.316. The molecule has 3 aromatic rings. The Hall–Kier alpha value is -2.73. The van der Waals surface area contributed by atoms with Gasteiger partial charge in [-0.05, 0) is 44.0 Å². The van der Waals surface area contributed by atoms with Crippen molar-refractivity contribution in [3.8, 4) is 22.9 Å². The number of pyridine rings is 1. The molecule has 0 radical (unpaired) electrons. The van der Waals surface area contributed by atoms with Crippen molar-refractivity contribution in [3.63, 3.8) is 0 Å². The predicted octanol–water partition coefficient (Wildman–Crippen LogP) is 3.70. The molecule has 2 aromatic heterocycles. The predicted molar refractivity (Wildman–Crippen MR) is 95.2 cm³/mol. The molecule has 1 fully saturated rings. The van der Waals surface area contributed by atoms with Gasteiger partial charge in [0, 0.05) is 24.9 Å². The lowest BCUT2D eigenvalue weighted by Crippen LogP contribution is -2.19. The van der Waals surface area contributed by atoms with Gasteiger partial charge in [-0.2, -0.15) is 0 Å². The summed E-state index contributed by atoms with van der Waals surface area (Å²) in [6.07, 6.45) is 4.18. The van der Waals surface area contributed by atoms with Gasteiger partial charge in [-0.1, -0.05) is 17.7 Å². The molecule has 1 aromatic carbocycles. The van der Waals surface area contributed by atoms with Crippen molar-refractivity contribution in [2.75, 3.05) is 18.5 Å². The summed E-state index contributed by atoms with van der Waals surface area (Å²) in [6, 6.07) is 11.8. The summed E-state index contributed by atoms with van der Waals surface area (Å²) in [5, 5.41) is 11.7. The molecule has 0 aliphatic carbocycles. The Kier molecular flexibility index (Phi) is 4.43. The van der Waals surface area contributed by atoms with E-state index in [0.29, 0.717) is 11.8 Å². The van der Waals surface area contributed by atoms with E-state index in [0.717, 1.165) is 42.9 Å². The second-order valence-corrected chi connectivity index (χ2v) is 6.19. The third-order valence-corrected chi connectivity index (χ3v) is 4.28. The second kappa shape index (κ2) is 7.03. The first kappa shape index (κ1) is 15.8. The Bertz CT molecular complexity index is 839. The van der Waals surface area contributed by atoms with E-state index in [1.165, 1.54) is 5.56 Å². The van der Waals surface area contributed by atoms with Crippen molar-refractivity contribution >= 4 is 5.82 Å². The number of aromatic nitrogens is 3. The summed E-state index contributed by atoms with van der Waals surface area (Å²) in [5.41, 5.74) is 2.89. The summed E-state index contributed by atoms with van der Waals surface area (Å²) >= 11 is 0. The first-order valence-corrected chi connectivity index (χ1v) is 8.51. The third-order valence-electron chi connectivity index (χ3n) is 4.28. The fourth-order valence-corrected chi connectivity index (χ4v) is 2.88. The van der Waals surface area contributed by atoms with Crippen molar-refractivity contribution < 1.29 is 9.15 Å². The van der Waals surface area contributed by atoms with Crippen molar-refractivity contribution in [2.45, 2.75) is 25.9 Å². The van der Waals surface area contributed by atoms with Gasteiger partial charge in [-0.25, -0.2) is 4.98 Å². The number of ether oxygens (including phenoxy) is 1. The van der Waals surface area contributed by atoms with Gasteiger partial charge < -0.3 is 14.5 Å². The average Bonchev–Trinajstić information content (AvgIpc) is 3.33. The van der Waals surface area contributed by atoms with Gasteiger partial charge in [0.25, 0.3) is 5.89 Å². The fourth-order valence-electron chi connectivity index (χ4n) is 2.88. The number of hydrogen-bond acceptors (Lipinski definition) is 6. The van der Waals surface area contributed by atoms with Crippen LogP contribution < -0.4 is 5.32 Å². The molecular formula is C19H20N4O2. The van der Waals surface area contributed by atoms with Crippen molar-refractivity contribution in [1.29, 1.82) is 0 Å². The normalized spacial score (nSPS) is 16.9. The first-order chi connectivity index (χ1) is 12.3. The Labute approximate surface area is 146 Å². The molecule has 1 aliphatic rings. The van der Waals surface area contributed by atoms with Gasteiger partial charge in [0.15, 0.2) is 0 Å². The molecule has 25 heavy (non-hydrogen) atoms. The number of nitrogens with zero attached hydrogens (tertiary/aromatic N) is 3. The van der Waals surface area contributed by atoms with E-state index in [1.807, 2.05) is 43.3 Å². The largest absolute Gasteiger partial charge is 0.416 e. The van der Waals surface area contributed by atoms with Crippen LogP contribution in [-0.4, -0.2) is 34.4 Å². The lowest BCUT2D eigenvalue weighted by molar-refractivity contribution is 0.120. The monoisotopic (exact) mass is 336 g/mol. The van der Waals surface area contributed by atoms with Crippen LogP contribution in [0.5, 0.6) is 0 Å². The van der Waals surface area contributed by atoms with Gasteiger partial charge in [0.05, 0.1) is 11.7 Å². The second-order valence-electron chi connectivity index (χ2n) is 6.19. The highest BCUT2D eigenvalue weighted by Gasteiger charge is 2.18. The number of anilines is 1. The Morgan fingerprint density at radius 2 is 1.96 bits per heavy atom. The number of aryl methyl sites for hydroxylation is 1. The van der Waals surface area contributed by atoms with Gasteiger partial charge in [-0.3, -0.25) is 0 Å². The molecule has 0 bridgehead atoms. The SMILES string of the molecule is Cc1ccc(-c2nnc(-c3cccnc3NCC3CCCO3)o2)cc1. The van der Waals surface area contributed by atoms with Crippen molar-refractivity contribution in [2.24, 2.45) is 0 Å². The molecule has 128 valence electrons. The minimum absolute atomic E-state index is 0.237. The Balaban J connectivity index is 1.56. The molecule has 6 heteroatoms. The molecular weight excluding hydrogens is 316 g/mol. The molecule has 1 saturated heterocycles. The van der Waals surface area contributed by atoms with Gasteiger partial charge in [-0.15, -0.1) is 10.2 Å². The summed E-state index contributed by atoms with van der Waals surface area (Å²) in [5.74, 6) is 1.69. The summed E-state index contributed by atoms with van der Waals surface area (Å²) in [4.78, 5) is 4.42. The average molecular weight is 336 g/mol. The minimum Gasteiger partial charge on any atom is -0.416 e. The molecule has 1 unspecified atom stereocenters. The highest BCUT2D eigenvalue weighted by molar-refractivity contribution is 5.69. The van der Waals surface area contributed by atoms with Crippen LogP contribution in [0.1, 0.15) is 18.4 Å². The van der Waals surface area contributed by atoms with Gasteiger partial charge in [0.2, 0.25) is 5.89 Å². The van der Waals surface area contributed by atoms with E-state index in [4.69, 9.17) is 9.15 Å². The van der Waals surface area contributed by atoms with Crippen LogP contribution in [0.15, 0.2) is 47.0 Å². The number of rotatable bonds is 5. The smallest absolute Gasteiger partial charge is 0.251 e. The van der Waals surface area contributed by atoms with Crippen molar-refractivity contribution in [3.05, 3.63) is 48.2 Å². The summed E-state index contributed by atoms with van der Waals surface area (Å²) in [7, 11) is 0. The quantitative estimate of drug-likeness (QED) is 0.766. The van der Waals surface area contributed by atoms with Gasteiger partial charge in [0.1, 0.15) is 5.82 Å². The highest BCUT2D eigenvalue weighted by Crippen LogP contribution is 2.28. The van der Waals surface area contributed by atoms with Crippen LogP contribution in [0.2, 0.25) is 0 Å². The standard InChI is InChI=1S/C19H20N4O2/c1-13-6-8-14(9-7-13)18-22-23-19(25-18)16-5-2-10-20-17(16)21-12-15-4-3-11-24-15/h2,5-10,15H,3-4,11-12H2,1H3,(H,20,21). The zero-order chi connectivity index (χ0) is 17.1. The first-order valence-electron chi connectivity index (χ1n) is 8.51. The maximum Gasteiger partial charge on any atom is 0.251 e. The molecule has 1 aliphatic heterocycles. The lowest BCUT2D eigenvalue weighted by atomic mass is 10.1. The molecule has 0 saturated carbocycles. The van der Waals surface area contributed by atoms with E-state index >= 15 is 0 Å². The molecule has 6 nitrogen and oxygen atoms in total. The Morgan fingerprint density at radius 3 is 2.76 bits per heavy atom. The number of benzene rings is 1. The van der Waals surface area contributed by atoms with Crippen LogP contribution in [0, 0.1) is 6.92 Å². The maximum atomic E-state index is 5.87. The van der Waals surface area contributed by atoms with E-state index in [-0.39, 0.29) is 6.10 Å². The molecule has 0 spiro atoms. The van der Waals surface area contributed by atoms with Crippen LogP contribution >= 0.6 is 0 Å². The van der Waals surface area contributed by atoms with E-state index < -0.39 is 0 Å². The third kappa shape index (κ3) is 3.53. The van der Waals surface area contributed by atoms with Crippen LogP contribution in [0.3, 0.4) is 0 Å². The molecule has 1 N–H and O–H groups in total. The topological polar surface area (TPSA) is 73.1 Å². The van der Waals surface area contributed by atoms with Crippen molar-refractivity contribution in [1.82, 2.24) is 15.2 Å². The summed E-state index contributed by atoms with van der Waals surface area (Å²) < 4.78 is 11.5. The molecule has 4 rings (SSSR count). The lowest BCUT2D eigenvalue weighted by Gasteiger charge is -2.12.